The molecule has 0 spiro atoms. The summed E-state index contributed by atoms with van der Waals surface area (Å²) in [5, 5.41) is 7.55. The van der Waals surface area contributed by atoms with Crippen LogP contribution in [0.15, 0.2) is 212 Å². The molecule has 0 aliphatic heterocycles. The summed E-state index contributed by atoms with van der Waals surface area (Å²) in [6.45, 7) is 0. The van der Waals surface area contributed by atoms with Gasteiger partial charge in [0.25, 0.3) is 0 Å². The highest BCUT2D eigenvalue weighted by atomic mass is 15.1. The van der Waals surface area contributed by atoms with Gasteiger partial charge in [-0.3, -0.25) is 0 Å². The lowest BCUT2D eigenvalue weighted by Gasteiger charge is -2.25. The number of hydrogen-bond donors (Lipinski definition) is 0. The number of fused-ring (bicyclic) bond motifs is 10. The molecule has 11 rings (SSSR count). The minimum absolute atomic E-state index is 1.12. The average molecular weight is 702 g/mol. The molecule has 0 unspecified atom stereocenters. The van der Waals surface area contributed by atoms with Crippen LogP contribution in [0.25, 0.3) is 76.9 Å². The molecule has 2 heterocycles. The Balaban J connectivity index is 1.20. The molecule has 0 atom stereocenters. The van der Waals surface area contributed by atoms with Crippen molar-refractivity contribution in [2.45, 2.75) is 0 Å². The van der Waals surface area contributed by atoms with Crippen LogP contribution in [-0.4, -0.2) is 9.13 Å². The molecule has 0 bridgehead atoms. The third-order valence-electron chi connectivity index (χ3n) is 11.0. The van der Waals surface area contributed by atoms with E-state index in [1.54, 1.807) is 0 Å². The van der Waals surface area contributed by atoms with Crippen LogP contribution in [-0.2, 0) is 0 Å². The van der Waals surface area contributed by atoms with Gasteiger partial charge in [-0.15, -0.1) is 0 Å². The van der Waals surface area contributed by atoms with Crippen LogP contribution >= 0.6 is 0 Å². The van der Waals surface area contributed by atoms with E-state index in [1.807, 2.05) is 0 Å². The van der Waals surface area contributed by atoms with Gasteiger partial charge in [-0.2, -0.15) is 0 Å². The van der Waals surface area contributed by atoms with E-state index in [4.69, 9.17) is 0 Å². The predicted octanol–water partition coefficient (Wildman–Crippen LogP) is 14.2. The molecule has 0 radical (unpaired) electrons. The Morgan fingerprint density at radius 2 is 0.691 bits per heavy atom. The zero-order valence-electron chi connectivity index (χ0n) is 30.0. The number of rotatable bonds is 6. The molecule has 0 aliphatic rings. The van der Waals surface area contributed by atoms with Crippen LogP contribution < -0.4 is 4.90 Å². The fourth-order valence-electron chi connectivity index (χ4n) is 8.72. The van der Waals surface area contributed by atoms with Crippen LogP contribution in [0.2, 0.25) is 0 Å². The van der Waals surface area contributed by atoms with Crippen LogP contribution in [0.3, 0.4) is 0 Å². The SMILES string of the molecule is c1ccc(N(c2ccccc2)c2ccc(-c3ccc4c(c3)c3c5ccccc5c5c6ccccc6n(-c6ccccc6)c5c3n4-c3ccccc3)cc2)cc1. The van der Waals surface area contributed by atoms with Gasteiger partial charge in [0.1, 0.15) is 0 Å². The van der Waals surface area contributed by atoms with Crippen LogP contribution in [0.1, 0.15) is 0 Å². The number of hydrogen-bond acceptors (Lipinski definition) is 1. The summed E-state index contributed by atoms with van der Waals surface area (Å²) in [6.07, 6.45) is 0. The molecule has 11 aromatic rings. The lowest BCUT2D eigenvalue weighted by atomic mass is 9.97. The van der Waals surface area contributed by atoms with E-state index >= 15 is 0 Å². The molecule has 3 nitrogen and oxygen atoms in total. The first-order valence-electron chi connectivity index (χ1n) is 18.9. The Kier molecular flexibility index (Phi) is 7.17. The molecule has 258 valence electrons. The lowest BCUT2D eigenvalue weighted by molar-refractivity contribution is 1.15. The van der Waals surface area contributed by atoms with Crippen molar-refractivity contribution in [1.29, 1.82) is 0 Å². The highest BCUT2D eigenvalue weighted by Crippen LogP contribution is 2.47. The van der Waals surface area contributed by atoms with Crippen molar-refractivity contribution in [2.75, 3.05) is 4.90 Å². The Hall–Kier alpha value is -7.36. The Morgan fingerprint density at radius 3 is 1.24 bits per heavy atom. The minimum atomic E-state index is 1.12. The van der Waals surface area contributed by atoms with Gasteiger partial charge in [-0.05, 0) is 101 Å². The van der Waals surface area contributed by atoms with Crippen LogP contribution in [0.4, 0.5) is 17.1 Å². The molecule has 0 aliphatic carbocycles. The second-order valence-electron chi connectivity index (χ2n) is 14.1. The highest BCUT2D eigenvalue weighted by molar-refractivity contribution is 6.36. The van der Waals surface area contributed by atoms with Crippen molar-refractivity contribution >= 4 is 71.4 Å². The van der Waals surface area contributed by atoms with Gasteiger partial charge in [0.05, 0.1) is 22.1 Å². The van der Waals surface area contributed by atoms with Crippen LogP contribution in [0, 0.1) is 0 Å². The second kappa shape index (κ2) is 12.6. The van der Waals surface area contributed by atoms with E-state index in [1.165, 1.54) is 65.5 Å². The second-order valence-corrected chi connectivity index (χ2v) is 14.1. The van der Waals surface area contributed by atoms with Crippen molar-refractivity contribution in [3.05, 3.63) is 212 Å². The summed E-state index contributed by atoms with van der Waals surface area (Å²) in [6, 6.07) is 76.7. The average Bonchev–Trinajstić information content (AvgIpc) is 3.79. The molecule has 0 saturated heterocycles. The van der Waals surface area contributed by atoms with Gasteiger partial charge in [0.2, 0.25) is 0 Å². The third-order valence-corrected chi connectivity index (χ3v) is 11.0. The highest BCUT2D eigenvalue weighted by Gasteiger charge is 2.25. The predicted molar refractivity (Wildman–Crippen MR) is 233 cm³/mol. The first kappa shape index (κ1) is 31.2. The van der Waals surface area contributed by atoms with E-state index in [9.17, 15) is 0 Å². The lowest BCUT2D eigenvalue weighted by Crippen LogP contribution is -2.09. The zero-order chi connectivity index (χ0) is 36.3. The van der Waals surface area contributed by atoms with E-state index in [-0.39, 0.29) is 0 Å². The maximum absolute atomic E-state index is 2.49. The first-order valence-corrected chi connectivity index (χ1v) is 18.9. The molecular formula is C52H35N3. The standard InChI is InChI=1S/C52H35N3/c1-5-17-38(18-6-1)53(39-19-7-2-8-20-39)42-32-29-36(30-33-42)37-31-34-48-46(35-37)50-44-26-14-13-25-43(44)49-45-27-15-16-28-47(45)54(40-21-9-3-10-22-40)51(49)52(50)55(48)41-23-11-4-12-24-41/h1-35H. The molecule has 55 heavy (non-hydrogen) atoms. The number of anilines is 3. The van der Waals surface area contributed by atoms with Gasteiger partial charge in [-0.25, -0.2) is 0 Å². The Morgan fingerprint density at radius 1 is 0.291 bits per heavy atom. The quantitative estimate of drug-likeness (QED) is 0.168. The molecule has 2 aromatic heterocycles. The van der Waals surface area contributed by atoms with E-state index in [0.717, 1.165) is 28.4 Å². The van der Waals surface area contributed by atoms with Crippen LogP contribution in [0.5, 0.6) is 0 Å². The maximum atomic E-state index is 2.49. The molecule has 0 fully saturated rings. The van der Waals surface area contributed by atoms with Gasteiger partial charge < -0.3 is 14.0 Å². The zero-order valence-corrected chi connectivity index (χ0v) is 30.0. The van der Waals surface area contributed by atoms with Gasteiger partial charge >= 0.3 is 0 Å². The molecule has 9 aromatic carbocycles. The molecule has 3 heteroatoms. The van der Waals surface area contributed by atoms with Gasteiger partial charge in [0, 0.05) is 50.0 Å². The van der Waals surface area contributed by atoms with Crippen molar-refractivity contribution in [3.8, 4) is 22.5 Å². The number of nitrogens with zero attached hydrogens (tertiary/aromatic N) is 3. The summed E-state index contributed by atoms with van der Waals surface area (Å²) >= 11 is 0. The fraction of sp³-hybridized carbons (Fsp3) is 0. The van der Waals surface area contributed by atoms with Crippen molar-refractivity contribution in [1.82, 2.24) is 9.13 Å². The Bertz CT molecular complexity index is 3120. The third kappa shape index (κ3) is 4.91. The number of aromatic nitrogens is 2. The summed E-state index contributed by atoms with van der Waals surface area (Å²) < 4.78 is 4.96. The number of benzene rings is 9. The molecule has 0 saturated carbocycles. The van der Waals surface area contributed by atoms with E-state index in [0.29, 0.717) is 0 Å². The molecule has 0 amide bonds. The number of para-hydroxylation sites is 5. The van der Waals surface area contributed by atoms with Crippen molar-refractivity contribution < 1.29 is 0 Å². The van der Waals surface area contributed by atoms with Crippen molar-refractivity contribution in [2.24, 2.45) is 0 Å². The largest absolute Gasteiger partial charge is 0.311 e. The minimum Gasteiger partial charge on any atom is -0.311 e. The normalized spacial score (nSPS) is 11.6. The monoisotopic (exact) mass is 701 g/mol. The smallest absolute Gasteiger partial charge is 0.0795 e. The van der Waals surface area contributed by atoms with E-state index < -0.39 is 0 Å². The maximum Gasteiger partial charge on any atom is 0.0795 e. The topological polar surface area (TPSA) is 13.1 Å². The Labute approximate surface area is 319 Å². The molecular weight excluding hydrogens is 667 g/mol. The van der Waals surface area contributed by atoms with Crippen molar-refractivity contribution in [3.63, 3.8) is 0 Å². The fourth-order valence-corrected chi connectivity index (χ4v) is 8.72. The summed E-state index contributed by atoms with van der Waals surface area (Å²) in [5.74, 6) is 0. The van der Waals surface area contributed by atoms with Gasteiger partial charge in [0.15, 0.2) is 0 Å². The summed E-state index contributed by atoms with van der Waals surface area (Å²) in [5.41, 5.74) is 12.8. The van der Waals surface area contributed by atoms with Gasteiger partial charge in [-0.1, -0.05) is 133 Å². The van der Waals surface area contributed by atoms with E-state index in [2.05, 4.69) is 226 Å². The summed E-state index contributed by atoms with van der Waals surface area (Å²) in [7, 11) is 0. The first-order chi connectivity index (χ1) is 27.3. The summed E-state index contributed by atoms with van der Waals surface area (Å²) in [4.78, 5) is 2.31. The molecule has 0 N–H and O–H groups in total.